The number of hydrogen-bond donors (Lipinski definition) is 0. The molecule has 4 rings (SSSR count). The summed E-state index contributed by atoms with van der Waals surface area (Å²) in [6.45, 7) is 0. The first-order chi connectivity index (χ1) is 9.84. The Kier molecular flexibility index (Phi) is 2.60. The molecule has 0 bridgehead atoms. The smallest absolute Gasteiger partial charge is 0.145 e. The number of rotatable bonds is 1. The molecular formula is C17H11BrN2. The molecule has 3 heteroatoms. The zero-order valence-electron chi connectivity index (χ0n) is 10.6. The predicted octanol–water partition coefficient (Wildman–Crippen LogP) is 4.94. The fourth-order valence-corrected chi connectivity index (χ4v) is 3.02. The molecule has 4 aromatic rings. The Labute approximate surface area is 124 Å². The van der Waals surface area contributed by atoms with Crippen molar-refractivity contribution in [3.05, 3.63) is 71.3 Å². The van der Waals surface area contributed by atoms with Gasteiger partial charge in [-0.2, -0.15) is 0 Å². The van der Waals surface area contributed by atoms with Crippen molar-refractivity contribution in [2.75, 3.05) is 0 Å². The van der Waals surface area contributed by atoms with Gasteiger partial charge in [-0.25, -0.2) is 4.98 Å². The molecule has 0 N–H and O–H groups in total. The molecular weight excluding hydrogens is 312 g/mol. The first-order valence-electron chi connectivity index (χ1n) is 6.45. The molecule has 0 amide bonds. The fraction of sp³-hybridized carbons (Fsp3) is 0. The largest absolute Gasteiger partial charge is 0.294 e. The Bertz CT molecular complexity index is 910. The Balaban J connectivity index is 2.22. The average molecular weight is 323 g/mol. The number of halogens is 1. The molecule has 0 saturated carbocycles. The van der Waals surface area contributed by atoms with Crippen LogP contribution in [-0.4, -0.2) is 9.55 Å². The van der Waals surface area contributed by atoms with Crippen LogP contribution in [0.2, 0.25) is 0 Å². The van der Waals surface area contributed by atoms with E-state index < -0.39 is 0 Å². The predicted molar refractivity (Wildman–Crippen MR) is 86.3 cm³/mol. The summed E-state index contributed by atoms with van der Waals surface area (Å²) >= 11 is 3.55. The van der Waals surface area contributed by atoms with Gasteiger partial charge in [0, 0.05) is 27.1 Å². The summed E-state index contributed by atoms with van der Waals surface area (Å²) in [6.07, 6.45) is 1.84. The summed E-state index contributed by atoms with van der Waals surface area (Å²) < 4.78 is 3.29. The Morgan fingerprint density at radius 2 is 1.70 bits per heavy atom. The lowest BCUT2D eigenvalue weighted by Gasteiger charge is -2.06. The molecule has 0 saturated heterocycles. The van der Waals surface area contributed by atoms with E-state index in [-0.39, 0.29) is 0 Å². The third kappa shape index (κ3) is 1.67. The second kappa shape index (κ2) is 4.46. The van der Waals surface area contributed by atoms with Crippen LogP contribution < -0.4 is 0 Å². The quantitative estimate of drug-likeness (QED) is 0.485. The van der Waals surface area contributed by atoms with Crippen LogP contribution in [0.5, 0.6) is 0 Å². The van der Waals surface area contributed by atoms with Gasteiger partial charge in [0.25, 0.3) is 0 Å². The molecule has 0 unspecified atom stereocenters. The maximum Gasteiger partial charge on any atom is 0.145 e. The molecule has 2 aromatic heterocycles. The van der Waals surface area contributed by atoms with Gasteiger partial charge in [0.1, 0.15) is 5.65 Å². The lowest BCUT2D eigenvalue weighted by Crippen LogP contribution is -1.94. The summed E-state index contributed by atoms with van der Waals surface area (Å²) in [5.41, 5.74) is 3.30. The Hall–Kier alpha value is -2.13. The van der Waals surface area contributed by atoms with Gasteiger partial charge in [-0.1, -0.05) is 34.1 Å². The number of aromatic nitrogens is 2. The molecule has 20 heavy (non-hydrogen) atoms. The summed E-state index contributed by atoms with van der Waals surface area (Å²) in [4.78, 5) is 4.57. The summed E-state index contributed by atoms with van der Waals surface area (Å²) in [6, 6.07) is 20.8. The zero-order chi connectivity index (χ0) is 13.5. The van der Waals surface area contributed by atoms with Gasteiger partial charge in [0.15, 0.2) is 0 Å². The SMILES string of the molecule is Brc1ccc2c(c1)c1cccnc1n2-c1ccccc1. The van der Waals surface area contributed by atoms with Gasteiger partial charge < -0.3 is 0 Å². The van der Waals surface area contributed by atoms with E-state index in [0.29, 0.717) is 0 Å². The lowest BCUT2D eigenvalue weighted by molar-refractivity contribution is 1.14. The molecule has 2 nitrogen and oxygen atoms in total. The Morgan fingerprint density at radius 3 is 2.55 bits per heavy atom. The van der Waals surface area contributed by atoms with Crippen molar-refractivity contribution in [3.63, 3.8) is 0 Å². The third-order valence-electron chi connectivity index (χ3n) is 3.50. The zero-order valence-corrected chi connectivity index (χ0v) is 12.2. The fourth-order valence-electron chi connectivity index (χ4n) is 2.66. The van der Waals surface area contributed by atoms with Gasteiger partial charge in [0.05, 0.1) is 5.52 Å². The molecule has 0 radical (unpaired) electrons. The maximum atomic E-state index is 4.57. The standard InChI is InChI=1S/C17H11BrN2/c18-12-8-9-16-15(11-12)14-7-4-10-19-17(14)20(16)13-5-2-1-3-6-13/h1-11H. The Morgan fingerprint density at radius 1 is 0.850 bits per heavy atom. The van der Waals surface area contributed by atoms with Gasteiger partial charge in [-0.15, -0.1) is 0 Å². The summed E-state index contributed by atoms with van der Waals surface area (Å²) in [5.74, 6) is 0. The monoisotopic (exact) mass is 322 g/mol. The highest BCUT2D eigenvalue weighted by atomic mass is 79.9. The van der Waals surface area contributed by atoms with Crippen LogP contribution in [0.25, 0.3) is 27.6 Å². The molecule has 0 aliphatic rings. The first kappa shape index (κ1) is 11.7. The normalized spacial score (nSPS) is 11.2. The van der Waals surface area contributed by atoms with E-state index in [1.54, 1.807) is 0 Å². The molecule has 0 atom stereocenters. The number of benzene rings is 2. The number of fused-ring (bicyclic) bond motifs is 3. The third-order valence-corrected chi connectivity index (χ3v) is 4.00. The molecule has 0 aliphatic carbocycles. The maximum absolute atomic E-state index is 4.57. The van der Waals surface area contributed by atoms with Crippen molar-refractivity contribution in [2.45, 2.75) is 0 Å². The van der Waals surface area contributed by atoms with Crippen LogP contribution in [0.15, 0.2) is 71.3 Å². The van der Waals surface area contributed by atoms with Gasteiger partial charge in [-0.3, -0.25) is 4.57 Å². The van der Waals surface area contributed by atoms with Gasteiger partial charge in [-0.05, 0) is 42.5 Å². The molecule has 0 fully saturated rings. The van der Waals surface area contributed by atoms with Gasteiger partial charge in [0.2, 0.25) is 0 Å². The molecule has 0 spiro atoms. The first-order valence-corrected chi connectivity index (χ1v) is 7.24. The van der Waals surface area contributed by atoms with E-state index in [1.165, 1.54) is 16.3 Å². The highest BCUT2D eigenvalue weighted by molar-refractivity contribution is 9.10. The minimum atomic E-state index is 0.992. The highest BCUT2D eigenvalue weighted by Crippen LogP contribution is 2.32. The second-order valence-corrected chi connectivity index (χ2v) is 5.62. The van der Waals surface area contributed by atoms with Crippen molar-refractivity contribution in [1.82, 2.24) is 9.55 Å². The van der Waals surface area contributed by atoms with Crippen LogP contribution in [-0.2, 0) is 0 Å². The number of hydrogen-bond acceptors (Lipinski definition) is 1. The number of para-hydroxylation sites is 1. The van der Waals surface area contributed by atoms with Crippen molar-refractivity contribution in [1.29, 1.82) is 0 Å². The van der Waals surface area contributed by atoms with Crippen molar-refractivity contribution < 1.29 is 0 Å². The molecule has 2 heterocycles. The summed E-state index contributed by atoms with van der Waals surface area (Å²) in [7, 11) is 0. The highest BCUT2D eigenvalue weighted by Gasteiger charge is 2.12. The van der Waals surface area contributed by atoms with E-state index in [1.807, 2.05) is 18.3 Å². The van der Waals surface area contributed by atoms with Crippen molar-refractivity contribution >= 4 is 37.9 Å². The number of nitrogens with zero attached hydrogens (tertiary/aromatic N) is 2. The second-order valence-electron chi connectivity index (χ2n) is 4.71. The van der Waals surface area contributed by atoms with Crippen LogP contribution in [0.4, 0.5) is 0 Å². The van der Waals surface area contributed by atoms with E-state index in [2.05, 4.69) is 74.0 Å². The van der Waals surface area contributed by atoms with Crippen LogP contribution in [0.1, 0.15) is 0 Å². The van der Waals surface area contributed by atoms with E-state index in [0.717, 1.165) is 15.8 Å². The van der Waals surface area contributed by atoms with Gasteiger partial charge >= 0.3 is 0 Å². The average Bonchev–Trinajstić information content (AvgIpc) is 2.82. The van der Waals surface area contributed by atoms with E-state index in [9.17, 15) is 0 Å². The molecule has 0 aliphatic heterocycles. The minimum absolute atomic E-state index is 0.992. The molecule has 96 valence electrons. The van der Waals surface area contributed by atoms with Crippen LogP contribution in [0.3, 0.4) is 0 Å². The van der Waals surface area contributed by atoms with Crippen LogP contribution in [0, 0.1) is 0 Å². The topological polar surface area (TPSA) is 17.8 Å². The van der Waals surface area contributed by atoms with Crippen molar-refractivity contribution in [3.8, 4) is 5.69 Å². The van der Waals surface area contributed by atoms with Crippen molar-refractivity contribution in [2.24, 2.45) is 0 Å². The van der Waals surface area contributed by atoms with E-state index in [4.69, 9.17) is 0 Å². The minimum Gasteiger partial charge on any atom is -0.294 e. The lowest BCUT2D eigenvalue weighted by atomic mass is 10.2. The number of pyridine rings is 1. The van der Waals surface area contributed by atoms with E-state index >= 15 is 0 Å². The summed E-state index contributed by atoms with van der Waals surface area (Å²) in [5, 5.41) is 2.39. The van der Waals surface area contributed by atoms with Crippen LogP contribution >= 0.6 is 15.9 Å². The molecule has 2 aromatic carbocycles.